The first-order valence-electron chi connectivity index (χ1n) is 7.97. The van der Waals surface area contributed by atoms with Gasteiger partial charge in [0, 0.05) is 23.7 Å². The summed E-state index contributed by atoms with van der Waals surface area (Å²) < 4.78 is 5.77. The van der Waals surface area contributed by atoms with Crippen LogP contribution in [0.4, 0.5) is 10.8 Å². The molecule has 2 heterocycles. The van der Waals surface area contributed by atoms with Crippen molar-refractivity contribution in [2.45, 2.75) is 32.3 Å². The van der Waals surface area contributed by atoms with Crippen molar-refractivity contribution in [1.29, 1.82) is 0 Å². The molecule has 1 unspecified atom stereocenters. The van der Waals surface area contributed by atoms with E-state index in [4.69, 9.17) is 4.74 Å². The molecule has 0 amide bonds. The highest BCUT2D eigenvalue weighted by Gasteiger charge is 2.16. The fourth-order valence-corrected chi connectivity index (χ4v) is 3.21. The van der Waals surface area contributed by atoms with Crippen LogP contribution in [0.5, 0.6) is 5.75 Å². The number of carbonyl (C=O) groups is 1. The molecule has 0 spiro atoms. The van der Waals surface area contributed by atoms with Gasteiger partial charge in [0.05, 0.1) is 23.0 Å². The highest BCUT2D eigenvalue weighted by Crippen LogP contribution is 2.32. The zero-order chi connectivity index (χ0) is 17.8. The molecule has 1 aliphatic rings. The minimum atomic E-state index is -0.982. The van der Waals surface area contributed by atoms with Gasteiger partial charge < -0.3 is 15.2 Å². The van der Waals surface area contributed by atoms with Crippen molar-refractivity contribution in [2.75, 3.05) is 5.32 Å². The normalized spacial score (nSPS) is 16.2. The SMILES string of the molecule is CC(C)Oc1ccc(C(=O)O)cc1Nc1nc(C2C=NC=CC2)cs1. The second-order valence-corrected chi connectivity index (χ2v) is 6.77. The zero-order valence-corrected chi connectivity index (χ0v) is 14.8. The molecule has 6 nitrogen and oxygen atoms in total. The van der Waals surface area contributed by atoms with Crippen molar-refractivity contribution in [3.63, 3.8) is 0 Å². The molecule has 2 aromatic rings. The quantitative estimate of drug-likeness (QED) is 0.798. The monoisotopic (exact) mass is 357 g/mol. The van der Waals surface area contributed by atoms with Crippen LogP contribution in [0, 0.1) is 0 Å². The summed E-state index contributed by atoms with van der Waals surface area (Å²) in [6.07, 6.45) is 6.55. The van der Waals surface area contributed by atoms with Crippen molar-refractivity contribution >= 4 is 34.3 Å². The van der Waals surface area contributed by atoms with Gasteiger partial charge in [-0.25, -0.2) is 9.78 Å². The van der Waals surface area contributed by atoms with Gasteiger partial charge >= 0.3 is 5.97 Å². The molecule has 2 N–H and O–H groups in total. The van der Waals surface area contributed by atoms with Gasteiger partial charge in [0.1, 0.15) is 5.75 Å². The second kappa shape index (κ2) is 7.48. The average Bonchev–Trinajstić information content (AvgIpc) is 3.05. The minimum Gasteiger partial charge on any atom is -0.489 e. The van der Waals surface area contributed by atoms with Gasteiger partial charge in [-0.3, -0.25) is 4.99 Å². The van der Waals surface area contributed by atoms with E-state index in [1.807, 2.05) is 31.5 Å². The Morgan fingerprint density at radius 1 is 1.44 bits per heavy atom. The molecule has 130 valence electrons. The van der Waals surface area contributed by atoms with Crippen LogP contribution in [0.2, 0.25) is 0 Å². The lowest BCUT2D eigenvalue weighted by Crippen LogP contribution is -2.08. The number of thiazole rings is 1. The van der Waals surface area contributed by atoms with Crippen molar-refractivity contribution in [3.8, 4) is 5.75 Å². The first kappa shape index (κ1) is 17.2. The highest BCUT2D eigenvalue weighted by molar-refractivity contribution is 7.13. The molecule has 0 bridgehead atoms. The maximum absolute atomic E-state index is 11.2. The van der Waals surface area contributed by atoms with E-state index < -0.39 is 5.97 Å². The first-order valence-corrected chi connectivity index (χ1v) is 8.85. The molecule has 0 aliphatic carbocycles. The van der Waals surface area contributed by atoms with Gasteiger partial charge in [0.2, 0.25) is 0 Å². The van der Waals surface area contributed by atoms with Gasteiger partial charge in [0.15, 0.2) is 5.13 Å². The predicted octanol–water partition coefficient (Wildman–Crippen LogP) is 4.44. The Morgan fingerprint density at radius 2 is 2.28 bits per heavy atom. The molecule has 1 atom stereocenters. The van der Waals surface area contributed by atoms with Gasteiger partial charge in [-0.15, -0.1) is 11.3 Å². The average molecular weight is 357 g/mol. The maximum Gasteiger partial charge on any atom is 0.335 e. The summed E-state index contributed by atoms with van der Waals surface area (Å²) in [7, 11) is 0. The fourth-order valence-electron chi connectivity index (χ4n) is 2.43. The molecule has 3 rings (SSSR count). The van der Waals surface area contributed by atoms with Crippen LogP contribution in [0.15, 0.2) is 40.8 Å². The molecular formula is C18H19N3O3S. The lowest BCUT2D eigenvalue weighted by atomic mass is 10.0. The fraction of sp³-hybridized carbons (Fsp3) is 0.278. The Balaban J connectivity index is 1.84. The molecule has 25 heavy (non-hydrogen) atoms. The number of benzene rings is 1. The smallest absolute Gasteiger partial charge is 0.335 e. The molecule has 1 aromatic carbocycles. The van der Waals surface area contributed by atoms with E-state index in [2.05, 4.69) is 15.3 Å². The Hall–Kier alpha value is -2.67. The van der Waals surface area contributed by atoms with E-state index in [1.165, 1.54) is 17.4 Å². The molecule has 1 aliphatic heterocycles. The van der Waals surface area contributed by atoms with Crippen LogP contribution < -0.4 is 10.1 Å². The minimum absolute atomic E-state index is 0.0201. The number of nitrogens with zero attached hydrogens (tertiary/aromatic N) is 2. The molecule has 0 saturated carbocycles. The van der Waals surface area contributed by atoms with Crippen LogP contribution in [-0.4, -0.2) is 28.4 Å². The number of aromatic carboxylic acids is 1. The van der Waals surface area contributed by atoms with Crippen LogP contribution in [0.1, 0.15) is 42.2 Å². The van der Waals surface area contributed by atoms with Gasteiger partial charge in [0.25, 0.3) is 0 Å². The summed E-state index contributed by atoms with van der Waals surface area (Å²) in [4.78, 5) is 20.0. The molecule has 0 saturated heterocycles. The standard InChI is InChI=1S/C18H19N3O3S/c1-11(2)24-16-6-5-12(17(22)23)8-14(16)20-18-21-15(10-25-18)13-4-3-7-19-9-13/h3,5-11,13H,4H2,1-2H3,(H,20,21)(H,22,23). The number of hydrogen-bond donors (Lipinski definition) is 2. The van der Waals surface area contributed by atoms with E-state index in [9.17, 15) is 9.90 Å². The molecule has 0 radical (unpaired) electrons. The number of carboxylic acid groups (broad SMARTS) is 1. The van der Waals surface area contributed by atoms with E-state index in [1.54, 1.807) is 18.3 Å². The second-order valence-electron chi connectivity index (χ2n) is 5.91. The topological polar surface area (TPSA) is 83.8 Å². The molecule has 1 aromatic heterocycles. The van der Waals surface area contributed by atoms with Gasteiger partial charge in [-0.1, -0.05) is 6.08 Å². The summed E-state index contributed by atoms with van der Waals surface area (Å²) in [6.45, 7) is 3.85. The number of anilines is 2. The lowest BCUT2D eigenvalue weighted by Gasteiger charge is -2.15. The van der Waals surface area contributed by atoms with Crippen LogP contribution >= 0.6 is 11.3 Å². The number of rotatable bonds is 6. The van der Waals surface area contributed by atoms with E-state index in [0.29, 0.717) is 16.6 Å². The third-order valence-corrected chi connectivity index (χ3v) is 4.36. The summed E-state index contributed by atoms with van der Waals surface area (Å²) in [5.74, 6) is -0.211. The van der Waals surface area contributed by atoms with Gasteiger partial charge in [-0.05, 0) is 38.5 Å². The Bertz CT molecular complexity index is 827. The number of ether oxygens (including phenoxy) is 1. The molecule has 7 heteroatoms. The van der Waals surface area contributed by atoms with Crippen LogP contribution in [-0.2, 0) is 0 Å². The summed E-state index contributed by atoms with van der Waals surface area (Å²) >= 11 is 1.47. The summed E-state index contributed by atoms with van der Waals surface area (Å²) in [6, 6.07) is 4.76. The third kappa shape index (κ3) is 4.24. The number of nitrogens with one attached hydrogen (secondary N) is 1. The predicted molar refractivity (Wildman–Crippen MR) is 99.6 cm³/mol. The largest absolute Gasteiger partial charge is 0.489 e. The summed E-state index contributed by atoms with van der Waals surface area (Å²) in [5, 5.41) is 15.1. The number of carboxylic acids is 1. The zero-order valence-electron chi connectivity index (χ0n) is 14.0. The molecular weight excluding hydrogens is 338 g/mol. The number of hydrogen-bond acceptors (Lipinski definition) is 6. The highest BCUT2D eigenvalue weighted by atomic mass is 32.1. The van der Waals surface area contributed by atoms with E-state index in [-0.39, 0.29) is 17.6 Å². The lowest BCUT2D eigenvalue weighted by molar-refractivity contribution is 0.0697. The van der Waals surface area contributed by atoms with Crippen molar-refractivity contribution in [2.24, 2.45) is 4.99 Å². The van der Waals surface area contributed by atoms with Crippen molar-refractivity contribution in [3.05, 3.63) is 47.1 Å². The van der Waals surface area contributed by atoms with Gasteiger partial charge in [-0.2, -0.15) is 0 Å². The first-order chi connectivity index (χ1) is 12.0. The Labute approximate surface area is 149 Å². The maximum atomic E-state index is 11.2. The van der Waals surface area contributed by atoms with Crippen LogP contribution in [0.25, 0.3) is 0 Å². The van der Waals surface area contributed by atoms with Crippen molar-refractivity contribution < 1.29 is 14.6 Å². The summed E-state index contributed by atoms with van der Waals surface area (Å²) in [5.41, 5.74) is 1.73. The van der Waals surface area contributed by atoms with Crippen molar-refractivity contribution in [1.82, 2.24) is 4.98 Å². The van der Waals surface area contributed by atoms with Crippen LogP contribution in [0.3, 0.4) is 0 Å². The Kier molecular flexibility index (Phi) is 5.14. The number of allylic oxidation sites excluding steroid dienone is 1. The number of aliphatic imine (C=N–C) groups is 1. The Morgan fingerprint density at radius 3 is 2.96 bits per heavy atom. The number of aromatic nitrogens is 1. The third-order valence-electron chi connectivity index (χ3n) is 3.58. The van der Waals surface area contributed by atoms with E-state index >= 15 is 0 Å². The van der Waals surface area contributed by atoms with E-state index in [0.717, 1.165) is 12.1 Å². The molecule has 0 fully saturated rings.